The van der Waals surface area contributed by atoms with Crippen molar-refractivity contribution in [2.45, 2.75) is 41.5 Å². The van der Waals surface area contributed by atoms with E-state index in [1.807, 2.05) is 0 Å². The lowest BCUT2D eigenvalue weighted by Gasteiger charge is -2.30. The Kier molecular flexibility index (Phi) is 1.98. The van der Waals surface area contributed by atoms with Crippen molar-refractivity contribution in [3.63, 3.8) is 0 Å². The Hall–Kier alpha value is -0.520. The summed E-state index contributed by atoms with van der Waals surface area (Å²) in [4.78, 5) is 0. The van der Waals surface area contributed by atoms with Gasteiger partial charge in [-0.2, -0.15) is 0 Å². The van der Waals surface area contributed by atoms with Crippen molar-refractivity contribution >= 4 is 0 Å². The molecule has 1 aliphatic rings. The maximum Gasteiger partial charge on any atom is 0.00455 e. The molecule has 0 aromatic heterocycles. The summed E-state index contributed by atoms with van der Waals surface area (Å²) in [5, 5.41) is 0. The van der Waals surface area contributed by atoms with Crippen molar-refractivity contribution in [1.29, 1.82) is 0 Å². The summed E-state index contributed by atoms with van der Waals surface area (Å²) in [5.74, 6) is 0. The highest BCUT2D eigenvalue weighted by atomic mass is 14.4. The van der Waals surface area contributed by atoms with Crippen molar-refractivity contribution in [3.8, 4) is 0 Å². The molecule has 0 heteroatoms. The Bertz CT molecular complexity index is 225. The molecule has 0 atom stereocenters. The van der Waals surface area contributed by atoms with Crippen LogP contribution in [0.3, 0.4) is 0 Å². The molecule has 0 nitrogen and oxygen atoms in total. The van der Waals surface area contributed by atoms with Crippen LogP contribution in [-0.2, 0) is 0 Å². The zero-order chi connectivity index (χ0) is 9.57. The normalized spacial score (nSPS) is 24.7. The minimum absolute atomic E-state index is 0.266. The summed E-state index contributed by atoms with van der Waals surface area (Å²) < 4.78 is 0. The van der Waals surface area contributed by atoms with Crippen LogP contribution in [-0.4, -0.2) is 0 Å². The molecule has 0 spiro atoms. The Balaban J connectivity index is 3.23. The van der Waals surface area contributed by atoms with Gasteiger partial charge in [0.25, 0.3) is 0 Å². The molecule has 0 amide bonds. The molecule has 0 bridgehead atoms. The summed E-state index contributed by atoms with van der Waals surface area (Å²) in [6.45, 7) is 13.6. The second kappa shape index (κ2) is 2.48. The van der Waals surface area contributed by atoms with E-state index in [9.17, 15) is 0 Å². The van der Waals surface area contributed by atoms with Crippen molar-refractivity contribution in [2.24, 2.45) is 10.8 Å². The summed E-state index contributed by atoms with van der Waals surface area (Å²) in [5.41, 5.74) is 3.58. The molecule has 12 heavy (non-hydrogen) atoms. The van der Waals surface area contributed by atoms with Gasteiger partial charge in [-0.15, -0.1) is 0 Å². The summed E-state index contributed by atoms with van der Waals surface area (Å²) >= 11 is 0. The molecule has 0 fully saturated rings. The van der Waals surface area contributed by atoms with Gasteiger partial charge in [0, 0.05) is 10.8 Å². The molecule has 0 unspecified atom stereocenters. The summed E-state index contributed by atoms with van der Waals surface area (Å²) in [6, 6.07) is 0. The zero-order valence-electron chi connectivity index (χ0n) is 9.15. The molecule has 0 heterocycles. The van der Waals surface area contributed by atoms with Crippen LogP contribution in [0.4, 0.5) is 0 Å². The number of hydrogen-bond donors (Lipinski definition) is 0. The molecule has 0 radical (unpaired) electrons. The quantitative estimate of drug-likeness (QED) is 0.476. The van der Waals surface area contributed by atoms with Gasteiger partial charge >= 0.3 is 0 Å². The van der Waals surface area contributed by atoms with E-state index >= 15 is 0 Å². The fourth-order valence-corrected chi connectivity index (χ4v) is 2.70. The molecule has 0 aromatic carbocycles. The van der Waals surface area contributed by atoms with Gasteiger partial charge in [0.15, 0.2) is 0 Å². The van der Waals surface area contributed by atoms with Gasteiger partial charge in [-0.05, 0) is 13.8 Å². The van der Waals surface area contributed by atoms with E-state index < -0.39 is 0 Å². The molecular formula is C12H20. The van der Waals surface area contributed by atoms with Gasteiger partial charge < -0.3 is 0 Å². The van der Waals surface area contributed by atoms with E-state index in [0.717, 1.165) is 0 Å². The van der Waals surface area contributed by atoms with E-state index in [-0.39, 0.29) is 10.8 Å². The first-order valence-electron chi connectivity index (χ1n) is 4.66. The van der Waals surface area contributed by atoms with Gasteiger partial charge in [-0.1, -0.05) is 51.0 Å². The van der Waals surface area contributed by atoms with Gasteiger partial charge in [0.05, 0.1) is 0 Å². The third-order valence-corrected chi connectivity index (χ3v) is 2.71. The van der Waals surface area contributed by atoms with Gasteiger partial charge in [-0.3, -0.25) is 0 Å². The highest BCUT2D eigenvalue weighted by Gasteiger charge is 2.37. The second-order valence-electron chi connectivity index (χ2n) is 5.15. The molecule has 0 saturated carbocycles. The molecule has 0 aliphatic heterocycles. The second-order valence-corrected chi connectivity index (χ2v) is 5.15. The monoisotopic (exact) mass is 164 g/mol. The smallest absolute Gasteiger partial charge is 0.00455 e. The average molecular weight is 164 g/mol. The molecule has 68 valence electrons. The van der Waals surface area contributed by atoms with Crippen LogP contribution in [0, 0.1) is 10.8 Å². The molecule has 1 rings (SSSR count). The first-order chi connectivity index (χ1) is 5.27. The molecule has 1 aliphatic carbocycles. The summed E-state index contributed by atoms with van der Waals surface area (Å²) in [7, 11) is 0. The largest absolute Gasteiger partial charge is 0.0779 e. The van der Waals surface area contributed by atoms with E-state index in [1.165, 1.54) is 5.57 Å². The number of hydrogen-bond acceptors (Lipinski definition) is 0. The average Bonchev–Trinajstić information content (AvgIpc) is 2.01. The van der Waals surface area contributed by atoms with Crippen molar-refractivity contribution in [1.82, 2.24) is 0 Å². The SMILES string of the molecule is CC(C)=C1C(C)(C)C=CC1(C)C. The van der Waals surface area contributed by atoms with E-state index in [0.29, 0.717) is 0 Å². The van der Waals surface area contributed by atoms with Gasteiger partial charge in [0.1, 0.15) is 0 Å². The van der Waals surface area contributed by atoms with Crippen LogP contribution in [0.15, 0.2) is 23.3 Å². The lowest BCUT2D eigenvalue weighted by Crippen LogP contribution is -2.18. The number of rotatable bonds is 0. The lowest BCUT2D eigenvalue weighted by molar-refractivity contribution is 0.471. The fourth-order valence-electron chi connectivity index (χ4n) is 2.70. The van der Waals surface area contributed by atoms with Crippen LogP contribution < -0.4 is 0 Å². The van der Waals surface area contributed by atoms with Crippen molar-refractivity contribution in [2.75, 3.05) is 0 Å². The fraction of sp³-hybridized carbons (Fsp3) is 0.667. The van der Waals surface area contributed by atoms with Crippen molar-refractivity contribution < 1.29 is 0 Å². The maximum absolute atomic E-state index is 2.33. The van der Waals surface area contributed by atoms with Crippen LogP contribution in [0.2, 0.25) is 0 Å². The molecule has 0 aromatic rings. The van der Waals surface area contributed by atoms with E-state index in [1.54, 1.807) is 5.57 Å². The minimum atomic E-state index is 0.266. The Morgan fingerprint density at radius 2 is 1.25 bits per heavy atom. The predicted octanol–water partition coefficient (Wildman–Crippen LogP) is 3.95. The third kappa shape index (κ3) is 1.35. The van der Waals surface area contributed by atoms with Crippen molar-refractivity contribution in [3.05, 3.63) is 23.3 Å². The molecule has 0 saturated heterocycles. The topological polar surface area (TPSA) is 0 Å². The first-order valence-corrected chi connectivity index (χ1v) is 4.66. The Labute approximate surface area is 76.4 Å². The van der Waals surface area contributed by atoms with Crippen LogP contribution >= 0.6 is 0 Å². The van der Waals surface area contributed by atoms with Gasteiger partial charge in [0.2, 0.25) is 0 Å². The van der Waals surface area contributed by atoms with E-state index in [2.05, 4.69) is 53.7 Å². The highest BCUT2D eigenvalue weighted by Crippen LogP contribution is 2.49. The Morgan fingerprint density at radius 1 is 0.917 bits per heavy atom. The standard InChI is InChI=1S/C12H20/c1-9(2)10-11(3,4)7-8-12(10,5)6/h7-8H,1-6H3. The van der Waals surface area contributed by atoms with Crippen LogP contribution in [0.5, 0.6) is 0 Å². The molecule has 0 N–H and O–H groups in total. The highest BCUT2D eigenvalue weighted by molar-refractivity contribution is 5.39. The van der Waals surface area contributed by atoms with E-state index in [4.69, 9.17) is 0 Å². The Morgan fingerprint density at radius 3 is 1.42 bits per heavy atom. The zero-order valence-corrected chi connectivity index (χ0v) is 9.15. The maximum atomic E-state index is 2.33. The number of allylic oxidation sites excluding steroid dienone is 4. The predicted molar refractivity (Wildman–Crippen MR) is 55.1 cm³/mol. The molecular weight excluding hydrogens is 144 g/mol. The first kappa shape index (κ1) is 9.57. The van der Waals surface area contributed by atoms with Gasteiger partial charge in [-0.25, -0.2) is 0 Å². The summed E-state index contributed by atoms with van der Waals surface area (Å²) in [6.07, 6.45) is 4.66. The lowest BCUT2D eigenvalue weighted by atomic mass is 9.75. The minimum Gasteiger partial charge on any atom is -0.0779 e. The third-order valence-electron chi connectivity index (χ3n) is 2.71. The van der Waals surface area contributed by atoms with Crippen LogP contribution in [0.25, 0.3) is 0 Å². The van der Waals surface area contributed by atoms with Crippen LogP contribution in [0.1, 0.15) is 41.5 Å².